The van der Waals surface area contributed by atoms with Gasteiger partial charge in [-0.2, -0.15) is 10.2 Å². The highest BCUT2D eigenvalue weighted by Gasteiger charge is 2.30. The number of phenolic OH excluding ortho intramolecular Hbond substituents is 1. The molecule has 3 unspecified atom stereocenters. The molecule has 3 rings (SSSR count). The predicted octanol–water partition coefficient (Wildman–Crippen LogP) is 4.86. The first kappa shape index (κ1) is 19.0. The first-order valence-electron chi connectivity index (χ1n) is 9.06. The van der Waals surface area contributed by atoms with Crippen molar-refractivity contribution in [2.75, 3.05) is 21.3 Å². The van der Waals surface area contributed by atoms with E-state index in [1.54, 1.807) is 26.4 Å². The summed E-state index contributed by atoms with van der Waals surface area (Å²) in [7, 11) is 4.80. The molecule has 0 bridgehead atoms. The molecule has 0 saturated heterocycles. The summed E-state index contributed by atoms with van der Waals surface area (Å²) < 4.78 is 16.3. The molecule has 1 aliphatic heterocycles. The molecule has 144 valence electrons. The lowest BCUT2D eigenvalue weighted by Crippen LogP contribution is -2.13. The average Bonchev–Trinajstić information content (AvgIpc) is 2.82. The molecule has 0 fully saturated rings. The Hall–Kier alpha value is -2.76. The van der Waals surface area contributed by atoms with Crippen LogP contribution in [0.4, 0.5) is 0 Å². The fourth-order valence-electron chi connectivity index (χ4n) is 3.71. The Morgan fingerprint density at radius 2 is 1.52 bits per heavy atom. The number of azo groups is 1. The van der Waals surface area contributed by atoms with Crippen molar-refractivity contribution in [2.24, 2.45) is 10.2 Å². The summed E-state index contributed by atoms with van der Waals surface area (Å²) in [4.78, 5) is 0. The number of aromatic hydroxyl groups is 1. The molecule has 0 amide bonds. The van der Waals surface area contributed by atoms with E-state index >= 15 is 0 Å². The molecule has 27 heavy (non-hydrogen) atoms. The molecule has 0 aliphatic carbocycles. The van der Waals surface area contributed by atoms with Crippen LogP contribution in [0, 0.1) is 0 Å². The maximum atomic E-state index is 9.94. The lowest BCUT2D eigenvalue weighted by atomic mass is 9.84. The van der Waals surface area contributed by atoms with Gasteiger partial charge in [-0.05, 0) is 54.3 Å². The van der Waals surface area contributed by atoms with Crippen molar-refractivity contribution < 1.29 is 19.3 Å². The smallest absolute Gasteiger partial charge is 0.161 e. The maximum absolute atomic E-state index is 9.94. The Bertz CT molecular complexity index is 850. The topological polar surface area (TPSA) is 72.6 Å². The summed E-state index contributed by atoms with van der Waals surface area (Å²) in [6, 6.07) is 9.03. The van der Waals surface area contributed by atoms with Crippen LogP contribution in [-0.2, 0) is 0 Å². The number of phenols is 1. The Labute approximate surface area is 159 Å². The Morgan fingerprint density at radius 1 is 0.889 bits per heavy atom. The molecule has 2 aromatic carbocycles. The quantitative estimate of drug-likeness (QED) is 0.816. The van der Waals surface area contributed by atoms with Crippen molar-refractivity contribution in [3.8, 4) is 23.0 Å². The summed E-state index contributed by atoms with van der Waals surface area (Å²) in [5, 5.41) is 19.2. The van der Waals surface area contributed by atoms with Gasteiger partial charge in [0.2, 0.25) is 0 Å². The van der Waals surface area contributed by atoms with Crippen molar-refractivity contribution in [2.45, 2.75) is 38.3 Å². The van der Waals surface area contributed by atoms with Gasteiger partial charge in [-0.25, -0.2) is 0 Å². The van der Waals surface area contributed by atoms with E-state index in [9.17, 15) is 5.11 Å². The number of hydrogen-bond donors (Lipinski definition) is 1. The molecule has 1 heterocycles. The van der Waals surface area contributed by atoms with Gasteiger partial charge < -0.3 is 19.3 Å². The number of nitrogens with zero attached hydrogens (tertiary/aromatic N) is 2. The lowest BCUT2D eigenvalue weighted by Gasteiger charge is -2.23. The van der Waals surface area contributed by atoms with Crippen LogP contribution in [-0.4, -0.2) is 32.5 Å². The fraction of sp³-hybridized carbons (Fsp3) is 0.429. The van der Waals surface area contributed by atoms with E-state index in [4.69, 9.17) is 14.2 Å². The van der Waals surface area contributed by atoms with Gasteiger partial charge in [-0.1, -0.05) is 13.0 Å². The molecule has 0 spiro atoms. The normalized spacial score (nSPS) is 21.3. The van der Waals surface area contributed by atoms with Crippen LogP contribution in [0.25, 0.3) is 0 Å². The van der Waals surface area contributed by atoms with Crippen LogP contribution in [0.3, 0.4) is 0 Å². The van der Waals surface area contributed by atoms with Crippen LogP contribution in [0.1, 0.15) is 48.9 Å². The highest BCUT2D eigenvalue weighted by atomic mass is 16.5. The molecule has 0 saturated carbocycles. The van der Waals surface area contributed by atoms with Crippen LogP contribution < -0.4 is 14.2 Å². The van der Waals surface area contributed by atoms with Crippen LogP contribution in [0.15, 0.2) is 40.6 Å². The van der Waals surface area contributed by atoms with Gasteiger partial charge in [-0.3, -0.25) is 0 Å². The van der Waals surface area contributed by atoms with Crippen molar-refractivity contribution in [3.63, 3.8) is 0 Å². The summed E-state index contributed by atoms with van der Waals surface area (Å²) in [5.74, 6) is 2.10. The van der Waals surface area contributed by atoms with Crippen LogP contribution in [0.5, 0.6) is 23.0 Å². The number of methoxy groups -OCH3 is 3. The molecule has 3 atom stereocenters. The number of hydrogen-bond acceptors (Lipinski definition) is 6. The van der Waals surface area contributed by atoms with Gasteiger partial charge in [-0.15, -0.1) is 0 Å². The average molecular weight is 370 g/mol. The minimum atomic E-state index is -0.312. The Balaban J connectivity index is 2.23. The third-order valence-corrected chi connectivity index (χ3v) is 5.19. The second-order valence-corrected chi connectivity index (χ2v) is 6.66. The van der Waals surface area contributed by atoms with E-state index in [1.807, 2.05) is 18.2 Å². The Kier molecular flexibility index (Phi) is 5.54. The zero-order valence-electron chi connectivity index (χ0n) is 16.4. The summed E-state index contributed by atoms with van der Waals surface area (Å²) in [6.45, 7) is 4.24. The third-order valence-electron chi connectivity index (χ3n) is 5.19. The predicted molar refractivity (Wildman–Crippen MR) is 103 cm³/mol. The van der Waals surface area contributed by atoms with E-state index in [1.165, 1.54) is 7.11 Å². The highest BCUT2D eigenvalue weighted by Crippen LogP contribution is 2.45. The number of rotatable bonds is 5. The minimum Gasteiger partial charge on any atom is -0.504 e. The molecule has 1 aliphatic rings. The second kappa shape index (κ2) is 7.86. The Morgan fingerprint density at radius 3 is 2.11 bits per heavy atom. The molecule has 0 aromatic heterocycles. The number of ether oxygens (including phenoxy) is 3. The van der Waals surface area contributed by atoms with Crippen molar-refractivity contribution in [1.82, 2.24) is 0 Å². The first-order chi connectivity index (χ1) is 13.0. The van der Waals surface area contributed by atoms with E-state index in [2.05, 4.69) is 24.1 Å². The summed E-state index contributed by atoms with van der Waals surface area (Å²) in [6.07, 6.45) is 0.939. The second-order valence-electron chi connectivity index (χ2n) is 6.66. The van der Waals surface area contributed by atoms with E-state index in [-0.39, 0.29) is 23.8 Å². The zero-order chi connectivity index (χ0) is 19.6. The zero-order valence-corrected chi connectivity index (χ0v) is 16.4. The number of fused-ring (bicyclic) bond motifs is 1. The first-order valence-corrected chi connectivity index (χ1v) is 9.06. The van der Waals surface area contributed by atoms with E-state index < -0.39 is 0 Å². The third kappa shape index (κ3) is 3.44. The van der Waals surface area contributed by atoms with Gasteiger partial charge in [0.15, 0.2) is 23.0 Å². The minimum absolute atomic E-state index is 0.0517. The lowest BCUT2D eigenvalue weighted by molar-refractivity contribution is 0.353. The summed E-state index contributed by atoms with van der Waals surface area (Å²) >= 11 is 0. The number of benzene rings is 2. The molecule has 6 nitrogen and oxygen atoms in total. The largest absolute Gasteiger partial charge is 0.504 e. The van der Waals surface area contributed by atoms with Crippen molar-refractivity contribution in [3.05, 3.63) is 47.0 Å². The van der Waals surface area contributed by atoms with Crippen LogP contribution >= 0.6 is 0 Å². The highest BCUT2D eigenvalue weighted by molar-refractivity contribution is 5.53. The molecular weight excluding hydrogens is 344 g/mol. The molecule has 0 radical (unpaired) electrons. The van der Waals surface area contributed by atoms with Gasteiger partial charge in [0.05, 0.1) is 27.4 Å². The molecule has 1 N–H and O–H groups in total. The van der Waals surface area contributed by atoms with Crippen LogP contribution in [0.2, 0.25) is 0 Å². The van der Waals surface area contributed by atoms with Crippen molar-refractivity contribution >= 4 is 0 Å². The van der Waals surface area contributed by atoms with Gasteiger partial charge in [0.1, 0.15) is 6.04 Å². The maximum Gasteiger partial charge on any atom is 0.161 e. The molecular formula is C21H26N2O4. The van der Waals surface area contributed by atoms with Gasteiger partial charge in [0, 0.05) is 5.92 Å². The standard InChI is InChI=1S/C21H26N2O4/c1-6-14-12(2)22-23-21(13-7-8-17(24)18(9-13)25-3)16-11-20(27-5)19(26-4)10-15(14)16/h7-12,14,21,24H,6H2,1-5H3. The monoisotopic (exact) mass is 370 g/mol. The summed E-state index contributed by atoms with van der Waals surface area (Å²) in [5.41, 5.74) is 3.08. The molecule has 6 heteroatoms. The van der Waals surface area contributed by atoms with Gasteiger partial charge in [0.25, 0.3) is 0 Å². The van der Waals surface area contributed by atoms with Crippen molar-refractivity contribution in [1.29, 1.82) is 0 Å². The molecule has 2 aromatic rings. The SMILES string of the molecule is CCC1c2cc(OC)c(OC)cc2C(c2ccc(O)c(OC)c2)N=NC1C. The van der Waals surface area contributed by atoms with E-state index in [0.29, 0.717) is 17.2 Å². The fourth-order valence-corrected chi connectivity index (χ4v) is 3.71. The van der Waals surface area contributed by atoms with Gasteiger partial charge >= 0.3 is 0 Å². The van der Waals surface area contributed by atoms with E-state index in [0.717, 1.165) is 23.1 Å².